The molecule has 0 saturated heterocycles. The van der Waals surface area contributed by atoms with Crippen molar-refractivity contribution in [1.82, 2.24) is 0 Å². The SMILES string of the molecule is Fc1cc(CCl)cc(F)c1Oc1ccccc1Cl. The number of rotatable bonds is 3. The van der Waals surface area contributed by atoms with E-state index < -0.39 is 17.4 Å². The summed E-state index contributed by atoms with van der Waals surface area (Å²) in [7, 11) is 0. The number of hydrogen-bond acceptors (Lipinski definition) is 1. The van der Waals surface area contributed by atoms with Crippen LogP contribution in [0.5, 0.6) is 11.5 Å². The Morgan fingerprint density at radius 2 is 1.67 bits per heavy atom. The molecule has 0 spiro atoms. The maximum absolute atomic E-state index is 13.6. The van der Waals surface area contributed by atoms with Crippen molar-refractivity contribution in [3.05, 3.63) is 58.6 Å². The molecule has 0 heterocycles. The summed E-state index contributed by atoms with van der Waals surface area (Å²) in [5.41, 5.74) is 0.346. The van der Waals surface area contributed by atoms with E-state index in [0.717, 1.165) is 12.1 Å². The van der Waals surface area contributed by atoms with E-state index in [-0.39, 0.29) is 16.7 Å². The monoisotopic (exact) mass is 288 g/mol. The number of hydrogen-bond donors (Lipinski definition) is 0. The summed E-state index contributed by atoms with van der Waals surface area (Å²) in [5.74, 6) is -1.90. The summed E-state index contributed by atoms with van der Waals surface area (Å²) in [6.07, 6.45) is 0. The highest BCUT2D eigenvalue weighted by atomic mass is 35.5. The van der Waals surface area contributed by atoms with Gasteiger partial charge in [-0.1, -0.05) is 23.7 Å². The van der Waals surface area contributed by atoms with Gasteiger partial charge < -0.3 is 4.74 Å². The van der Waals surface area contributed by atoms with Crippen molar-refractivity contribution in [3.8, 4) is 11.5 Å². The lowest BCUT2D eigenvalue weighted by Gasteiger charge is -2.10. The van der Waals surface area contributed by atoms with Crippen molar-refractivity contribution in [3.63, 3.8) is 0 Å². The van der Waals surface area contributed by atoms with E-state index >= 15 is 0 Å². The second-order valence-electron chi connectivity index (χ2n) is 3.55. The fraction of sp³-hybridized carbons (Fsp3) is 0.0769. The van der Waals surface area contributed by atoms with Crippen molar-refractivity contribution in [1.29, 1.82) is 0 Å². The third kappa shape index (κ3) is 2.74. The highest BCUT2D eigenvalue weighted by Crippen LogP contribution is 2.32. The molecule has 2 rings (SSSR count). The van der Waals surface area contributed by atoms with Crippen LogP contribution in [0.4, 0.5) is 8.78 Å². The molecule has 2 aromatic carbocycles. The first-order valence-electron chi connectivity index (χ1n) is 5.08. The van der Waals surface area contributed by atoms with Crippen molar-refractivity contribution in [2.45, 2.75) is 5.88 Å². The summed E-state index contributed by atoms with van der Waals surface area (Å²) >= 11 is 11.4. The fourth-order valence-electron chi connectivity index (χ4n) is 1.42. The van der Waals surface area contributed by atoms with Gasteiger partial charge in [0.1, 0.15) is 5.75 Å². The van der Waals surface area contributed by atoms with Gasteiger partial charge in [-0.3, -0.25) is 0 Å². The number of alkyl halides is 1. The first-order chi connectivity index (χ1) is 8.61. The highest BCUT2D eigenvalue weighted by molar-refractivity contribution is 6.32. The zero-order chi connectivity index (χ0) is 13.1. The maximum atomic E-state index is 13.6. The zero-order valence-corrected chi connectivity index (χ0v) is 10.6. The summed E-state index contributed by atoms with van der Waals surface area (Å²) in [5, 5.41) is 0.276. The molecular formula is C13H8Cl2F2O. The van der Waals surface area contributed by atoms with Crippen LogP contribution in [0.2, 0.25) is 5.02 Å². The van der Waals surface area contributed by atoms with Gasteiger partial charge in [-0.25, -0.2) is 8.78 Å². The average molecular weight is 289 g/mol. The maximum Gasteiger partial charge on any atom is 0.198 e. The van der Waals surface area contributed by atoms with E-state index in [4.69, 9.17) is 27.9 Å². The zero-order valence-electron chi connectivity index (χ0n) is 9.09. The lowest BCUT2D eigenvalue weighted by atomic mass is 10.2. The molecule has 5 heteroatoms. The van der Waals surface area contributed by atoms with Crippen LogP contribution < -0.4 is 4.74 Å². The molecule has 0 unspecified atom stereocenters. The molecule has 18 heavy (non-hydrogen) atoms. The van der Waals surface area contributed by atoms with Gasteiger partial charge in [-0.2, -0.15) is 0 Å². The highest BCUT2D eigenvalue weighted by Gasteiger charge is 2.14. The van der Waals surface area contributed by atoms with Crippen LogP contribution in [0.15, 0.2) is 36.4 Å². The van der Waals surface area contributed by atoms with Crippen LogP contribution in [-0.4, -0.2) is 0 Å². The van der Waals surface area contributed by atoms with Crippen LogP contribution >= 0.6 is 23.2 Å². The largest absolute Gasteiger partial charge is 0.450 e. The number of benzene rings is 2. The van der Waals surface area contributed by atoms with Crippen LogP contribution in [0.25, 0.3) is 0 Å². The third-order valence-electron chi connectivity index (χ3n) is 2.26. The Morgan fingerprint density at radius 1 is 1.06 bits per heavy atom. The van der Waals surface area contributed by atoms with Gasteiger partial charge in [0.15, 0.2) is 17.4 Å². The van der Waals surface area contributed by atoms with E-state index in [1.807, 2.05) is 0 Å². The Morgan fingerprint density at radius 3 is 2.22 bits per heavy atom. The smallest absolute Gasteiger partial charge is 0.198 e. The minimum Gasteiger partial charge on any atom is -0.450 e. The van der Waals surface area contributed by atoms with Crippen molar-refractivity contribution >= 4 is 23.2 Å². The van der Waals surface area contributed by atoms with Gasteiger partial charge >= 0.3 is 0 Å². The molecule has 0 N–H and O–H groups in total. The van der Waals surface area contributed by atoms with Crippen molar-refractivity contribution in [2.24, 2.45) is 0 Å². The lowest BCUT2D eigenvalue weighted by Crippen LogP contribution is -1.95. The summed E-state index contributed by atoms with van der Waals surface area (Å²) in [6.45, 7) is 0. The summed E-state index contributed by atoms with van der Waals surface area (Å²) in [4.78, 5) is 0. The van der Waals surface area contributed by atoms with Gasteiger partial charge in [-0.05, 0) is 29.8 Å². The topological polar surface area (TPSA) is 9.23 Å². The van der Waals surface area contributed by atoms with Gasteiger partial charge in [-0.15, -0.1) is 11.6 Å². The van der Waals surface area contributed by atoms with Gasteiger partial charge in [0, 0.05) is 5.88 Å². The lowest BCUT2D eigenvalue weighted by molar-refractivity contribution is 0.407. The van der Waals surface area contributed by atoms with E-state index in [1.165, 1.54) is 6.07 Å². The predicted molar refractivity (Wildman–Crippen MR) is 67.4 cm³/mol. The Hall–Kier alpha value is -1.32. The normalized spacial score (nSPS) is 10.4. The third-order valence-corrected chi connectivity index (χ3v) is 2.88. The Balaban J connectivity index is 2.38. The number of para-hydroxylation sites is 1. The molecule has 0 fully saturated rings. The second-order valence-corrected chi connectivity index (χ2v) is 4.23. The molecule has 0 aromatic heterocycles. The molecular weight excluding hydrogens is 281 g/mol. The van der Waals surface area contributed by atoms with Gasteiger partial charge in [0.25, 0.3) is 0 Å². The number of ether oxygens (including phenoxy) is 1. The quantitative estimate of drug-likeness (QED) is 0.710. The van der Waals surface area contributed by atoms with Crippen LogP contribution in [-0.2, 0) is 5.88 Å². The molecule has 94 valence electrons. The van der Waals surface area contributed by atoms with Gasteiger partial charge in [0.05, 0.1) is 5.02 Å². The molecule has 0 saturated carbocycles. The van der Waals surface area contributed by atoms with Crippen LogP contribution in [0.1, 0.15) is 5.56 Å². The van der Waals surface area contributed by atoms with Crippen molar-refractivity contribution in [2.75, 3.05) is 0 Å². The number of halogens is 4. The molecule has 0 atom stereocenters. The van der Waals surface area contributed by atoms with Crippen LogP contribution in [0, 0.1) is 11.6 Å². The first-order valence-corrected chi connectivity index (χ1v) is 5.99. The van der Waals surface area contributed by atoms with Crippen molar-refractivity contribution < 1.29 is 13.5 Å². The average Bonchev–Trinajstić information content (AvgIpc) is 2.35. The summed E-state index contributed by atoms with van der Waals surface area (Å²) in [6, 6.07) is 8.70. The minimum absolute atomic E-state index is 0.0280. The summed E-state index contributed by atoms with van der Waals surface area (Å²) < 4.78 is 32.4. The Bertz CT molecular complexity index is 550. The molecule has 0 aliphatic carbocycles. The van der Waals surface area contributed by atoms with E-state index in [1.54, 1.807) is 18.2 Å². The standard InChI is InChI=1S/C13H8Cl2F2O/c14-7-8-5-10(16)13(11(17)6-8)18-12-4-2-1-3-9(12)15/h1-6H,7H2. The Kier molecular flexibility index (Phi) is 4.04. The second kappa shape index (κ2) is 5.55. The molecule has 2 aromatic rings. The molecule has 0 aliphatic heterocycles. The van der Waals surface area contributed by atoms with E-state index in [0.29, 0.717) is 5.56 Å². The predicted octanol–water partition coefficient (Wildman–Crippen LogP) is 5.15. The molecule has 0 radical (unpaired) electrons. The first kappa shape index (κ1) is 13.1. The van der Waals surface area contributed by atoms with E-state index in [9.17, 15) is 8.78 Å². The fourth-order valence-corrected chi connectivity index (χ4v) is 1.75. The molecule has 0 bridgehead atoms. The minimum atomic E-state index is -0.814. The van der Waals surface area contributed by atoms with Crippen LogP contribution in [0.3, 0.4) is 0 Å². The Labute approximate surface area is 113 Å². The molecule has 0 aliphatic rings. The van der Waals surface area contributed by atoms with E-state index in [2.05, 4.69) is 0 Å². The molecule has 0 amide bonds. The van der Waals surface area contributed by atoms with Gasteiger partial charge in [0.2, 0.25) is 0 Å². The molecule has 1 nitrogen and oxygen atoms in total.